The summed E-state index contributed by atoms with van der Waals surface area (Å²) in [7, 11) is 3.46. The molecule has 0 bridgehead atoms. The fourth-order valence-electron chi connectivity index (χ4n) is 3.99. The van der Waals surface area contributed by atoms with Crippen molar-refractivity contribution in [2.45, 2.75) is 25.3 Å². The average molecular weight is 576 g/mol. The highest BCUT2D eigenvalue weighted by molar-refractivity contribution is 14.0. The number of anilines is 1. The first-order valence-corrected chi connectivity index (χ1v) is 11.6. The number of amides is 1. The SMILES string of the molecule is CN(C)C(=O)CN=C(NCCCN1CCOCC1)NC1CCCN(c2ccccc2F)C1.I. The number of carbonyl (C=O) groups is 1. The minimum absolute atomic E-state index is 0. The van der Waals surface area contributed by atoms with Crippen LogP contribution in [0, 0.1) is 5.82 Å². The number of carbonyl (C=O) groups excluding carboxylic acids is 1. The number of nitrogens with zero attached hydrogens (tertiary/aromatic N) is 4. The Labute approximate surface area is 213 Å². The zero-order valence-corrected chi connectivity index (χ0v) is 22.1. The molecule has 0 saturated carbocycles. The Morgan fingerprint density at radius 3 is 2.73 bits per heavy atom. The number of benzene rings is 1. The van der Waals surface area contributed by atoms with Crippen LogP contribution in [0.5, 0.6) is 0 Å². The molecule has 1 aromatic carbocycles. The summed E-state index contributed by atoms with van der Waals surface area (Å²) in [4.78, 5) is 22.6. The topological polar surface area (TPSA) is 72.4 Å². The molecule has 3 rings (SSSR count). The van der Waals surface area contributed by atoms with Crippen LogP contribution in [0.4, 0.5) is 10.1 Å². The van der Waals surface area contributed by atoms with E-state index in [1.54, 1.807) is 25.1 Å². The molecule has 0 spiro atoms. The van der Waals surface area contributed by atoms with Gasteiger partial charge in [0.15, 0.2) is 5.96 Å². The van der Waals surface area contributed by atoms with Crippen molar-refractivity contribution in [3.8, 4) is 0 Å². The summed E-state index contributed by atoms with van der Waals surface area (Å²) >= 11 is 0. The van der Waals surface area contributed by atoms with E-state index in [1.165, 1.54) is 6.07 Å². The Bertz CT molecular complexity index is 760. The van der Waals surface area contributed by atoms with Crippen LogP contribution < -0.4 is 15.5 Å². The van der Waals surface area contributed by atoms with Gasteiger partial charge in [-0.25, -0.2) is 9.38 Å². The van der Waals surface area contributed by atoms with E-state index in [2.05, 4.69) is 25.4 Å². The van der Waals surface area contributed by atoms with Gasteiger partial charge in [0, 0.05) is 52.9 Å². The Morgan fingerprint density at radius 1 is 1.24 bits per heavy atom. The summed E-state index contributed by atoms with van der Waals surface area (Å²) in [5.41, 5.74) is 0.638. The van der Waals surface area contributed by atoms with Crippen LogP contribution in [0.3, 0.4) is 0 Å². The summed E-state index contributed by atoms with van der Waals surface area (Å²) in [6.45, 7) is 6.94. The van der Waals surface area contributed by atoms with E-state index in [0.29, 0.717) is 18.2 Å². The number of likely N-dealkylation sites (N-methyl/N-ethyl adjacent to an activating group) is 1. The van der Waals surface area contributed by atoms with Crippen LogP contribution in [0.1, 0.15) is 19.3 Å². The van der Waals surface area contributed by atoms with Gasteiger partial charge in [0.25, 0.3) is 0 Å². The van der Waals surface area contributed by atoms with Crippen molar-refractivity contribution in [2.75, 3.05) is 78.0 Å². The lowest BCUT2D eigenvalue weighted by atomic mass is 10.0. The number of guanidine groups is 1. The van der Waals surface area contributed by atoms with Crippen LogP contribution >= 0.6 is 24.0 Å². The van der Waals surface area contributed by atoms with Crippen LogP contribution in [0.15, 0.2) is 29.3 Å². The summed E-state index contributed by atoms with van der Waals surface area (Å²) in [6.07, 6.45) is 2.92. The Balaban J connectivity index is 0.00000385. The minimum Gasteiger partial charge on any atom is -0.379 e. The molecule has 1 atom stereocenters. The van der Waals surface area contributed by atoms with Crippen molar-refractivity contribution in [3.63, 3.8) is 0 Å². The third-order valence-electron chi connectivity index (χ3n) is 5.87. The molecule has 8 nitrogen and oxygen atoms in total. The lowest BCUT2D eigenvalue weighted by Crippen LogP contribution is -2.52. The lowest BCUT2D eigenvalue weighted by molar-refractivity contribution is -0.127. The molecule has 10 heteroatoms. The maximum absolute atomic E-state index is 14.3. The molecule has 2 N–H and O–H groups in total. The summed E-state index contributed by atoms with van der Waals surface area (Å²) in [5.74, 6) is 0.401. The number of morpholine rings is 1. The number of halogens is 2. The molecule has 0 aromatic heterocycles. The quantitative estimate of drug-likeness (QED) is 0.213. The summed E-state index contributed by atoms with van der Waals surface area (Å²) in [6, 6.07) is 7.04. The van der Waals surface area contributed by atoms with Gasteiger partial charge in [-0.3, -0.25) is 9.69 Å². The minimum atomic E-state index is -0.195. The first kappa shape index (κ1) is 27.6. The molecular weight excluding hydrogens is 538 g/mol. The Kier molecular flexibility index (Phi) is 12.2. The molecule has 1 unspecified atom stereocenters. The van der Waals surface area contributed by atoms with E-state index in [-0.39, 0.29) is 48.3 Å². The first-order valence-electron chi connectivity index (χ1n) is 11.6. The van der Waals surface area contributed by atoms with Crippen molar-refractivity contribution in [3.05, 3.63) is 30.1 Å². The molecule has 0 radical (unpaired) electrons. The second-order valence-electron chi connectivity index (χ2n) is 8.57. The molecule has 2 fully saturated rings. The molecule has 1 aromatic rings. The molecule has 2 aliphatic heterocycles. The van der Waals surface area contributed by atoms with Crippen LogP contribution in [-0.2, 0) is 9.53 Å². The maximum atomic E-state index is 14.3. The van der Waals surface area contributed by atoms with Crippen molar-refractivity contribution in [1.29, 1.82) is 0 Å². The van der Waals surface area contributed by atoms with Gasteiger partial charge in [-0.05, 0) is 37.9 Å². The van der Waals surface area contributed by atoms with Gasteiger partial charge >= 0.3 is 0 Å². The number of para-hydroxylation sites is 1. The number of hydrogen-bond donors (Lipinski definition) is 2. The molecule has 2 heterocycles. The van der Waals surface area contributed by atoms with Crippen molar-refractivity contribution < 1.29 is 13.9 Å². The Hall–Kier alpha value is -1.66. The predicted molar refractivity (Wildman–Crippen MR) is 141 cm³/mol. The molecule has 2 saturated heterocycles. The normalized spacial score (nSPS) is 19.5. The van der Waals surface area contributed by atoms with E-state index in [9.17, 15) is 9.18 Å². The highest BCUT2D eigenvalue weighted by Gasteiger charge is 2.23. The molecule has 2 aliphatic rings. The van der Waals surface area contributed by atoms with Gasteiger partial charge in [0.05, 0.1) is 18.9 Å². The van der Waals surface area contributed by atoms with Crippen molar-refractivity contribution >= 4 is 41.5 Å². The number of rotatable bonds is 8. The standard InChI is InChI=1S/C23H37FN6O2.HI/c1-28(2)22(31)17-26-23(25-10-6-11-29-13-15-32-16-14-29)27-19-7-5-12-30(18-19)21-9-4-3-8-20(21)24;/h3-4,8-9,19H,5-7,10-18H2,1-2H3,(H2,25,26,27);1H. The highest BCUT2D eigenvalue weighted by Crippen LogP contribution is 2.22. The fraction of sp³-hybridized carbons (Fsp3) is 0.652. The number of piperidine rings is 1. The van der Waals surface area contributed by atoms with Crippen LogP contribution in [0.25, 0.3) is 0 Å². The van der Waals surface area contributed by atoms with E-state index in [1.807, 2.05) is 12.1 Å². The molecule has 33 heavy (non-hydrogen) atoms. The fourth-order valence-corrected chi connectivity index (χ4v) is 3.99. The molecule has 186 valence electrons. The smallest absolute Gasteiger partial charge is 0.243 e. The van der Waals surface area contributed by atoms with Crippen LogP contribution in [0.2, 0.25) is 0 Å². The van der Waals surface area contributed by atoms with Gasteiger partial charge < -0.3 is 25.2 Å². The summed E-state index contributed by atoms with van der Waals surface area (Å²) < 4.78 is 19.7. The van der Waals surface area contributed by atoms with Gasteiger partial charge in [-0.15, -0.1) is 24.0 Å². The number of aliphatic imine (C=N–C) groups is 1. The van der Waals surface area contributed by atoms with Gasteiger partial charge in [0.2, 0.25) is 5.91 Å². The monoisotopic (exact) mass is 576 g/mol. The number of nitrogens with one attached hydrogen (secondary N) is 2. The average Bonchev–Trinajstić information content (AvgIpc) is 2.81. The van der Waals surface area contributed by atoms with E-state index < -0.39 is 0 Å². The number of hydrogen-bond acceptors (Lipinski definition) is 5. The van der Waals surface area contributed by atoms with E-state index in [0.717, 1.165) is 65.2 Å². The van der Waals surface area contributed by atoms with E-state index in [4.69, 9.17) is 4.74 Å². The van der Waals surface area contributed by atoms with Gasteiger partial charge in [-0.1, -0.05) is 12.1 Å². The Morgan fingerprint density at radius 2 is 2.00 bits per heavy atom. The van der Waals surface area contributed by atoms with Crippen molar-refractivity contribution in [1.82, 2.24) is 20.4 Å². The first-order chi connectivity index (χ1) is 15.5. The largest absolute Gasteiger partial charge is 0.379 e. The number of ether oxygens (including phenoxy) is 1. The maximum Gasteiger partial charge on any atom is 0.243 e. The van der Waals surface area contributed by atoms with Gasteiger partial charge in [0.1, 0.15) is 12.4 Å². The predicted octanol–water partition coefficient (Wildman–Crippen LogP) is 1.76. The summed E-state index contributed by atoms with van der Waals surface area (Å²) in [5, 5.41) is 6.86. The van der Waals surface area contributed by atoms with Crippen molar-refractivity contribution in [2.24, 2.45) is 4.99 Å². The highest BCUT2D eigenvalue weighted by atomic mass is 127. The molecule has 0 aliphatic carbocycles. The van der Waals surface area contributed by atoms with E-state index >= 15 is 0 Å². The second kappa shape index (κ2) is 14.6. The molecule has 1 amide bonds. The third-order valence-corrected chi connectivity index (χ3v) is 5.87. The van der Waals surface area contributed by atoms with Gasteiger partial charge in [-0.2, -0.15) is 0 Å². The third kappa shape index (κ3) is 9.24. The van der Waals surface area contributed by atoms with Crippen LogP contribution in [-0.4, -0.2) is 101 Å². The second-order valence-corrected chi connectivity index (χ2v) is 8.57. The zero-order valence-electron chi connectivity index (χ0n) is 19.8. The lowest BCUT2D eigenvalue weighted by Gasteiger charge is -2.35. The zero-order chi connectivity index (χ0) is 22.8. The molecular formula is C23H38FIN6O2.